The van der Waals surface area contributed by atoms with Gasteiger partial charge in [0, 0.05) is 24.8 Å². The first-order chi connectivity index (χ1) is 10.7. The molecule has 0 aliphatic heterocycles. The third-order valence-corrected chi connectivity index (χ3v) is 5.14. The second-order valence-corrected chi connectivity index (χ2v) is 7.20. The normalized spacial score (nSPS) is 11.1. The molecule has 0 bridgehead atoms. The monoisotopic (exact) mass is 353 g/mol. The highest BCUT2D eigenvalue weighted by atomic mass is 35.5. The molecule has 0 saturated carbocycles. The van der Waals surface area contributed by atoms with E-state index < -0.39 is 16.1 Å². The minimum absolute atomic E-state index is 0.0719. The Hall–Kier alpha value is -2.25. The molecule has 122 valence electrons. The summed E-state index contributed by atoms with van der Waals surface area (Å²) < 4.78 is 25.9. The summed E-state index contributed by atoms with van der Waals surface area (Å²) in [5.74, 6) is 0. The molecular formula is C15H16ClN3O3S. The predicted octanol–water partition coefficient (Wildman–Crippen LogP) is 2.68. The van der Waals surface area contributed by atoms with E-state index in [1.54, 1.807) is 12.1 Å². The zero-order valence-corrected chi connectivity index (χ0v) is 14.2. The zero-order valence-electron chi connectivity index (χ0n) is 12.6. The van der Waals surface area contributed by atoms with Crippen molar-refractivity contribution in [1.82, 2.24) is 0 Å². The van der Waals surface area contributed by atoms with E-state index in [1.165, 1.54) is 36.4 Å². The van der Waals surface area contributed by atoms with Crippen LogP contribution >= 0.6 is 11.6 Å². The van der Waals surface area contributed by atoms with Crippen molar-refractivity contribution in [3.63, 3.8) is 0 Å². The second-order valence-electron chi connectivity index (χ2n) is 4.97. The number of primary amides is 1. The van der Waals surface area contributed by atoms with Gasteiger partial charge in [-0.05, 0) is 48.5 Å². The molecule has 0 aromatic heterocycles. The lowest BCUT2D eigenvalue weighted by Crippen LogP contribution is -2.40. The number of amides is 2. The molecule has 0 radical (unpaired) electrons. The van der Waals surface area contributed by atoms with Crippen LogP contribution in [0.15, 0.2) is 53.4 Å². The Balaban J connectivity index is 2.49. The lowest BCUT2D eigenvalue weighted by molar-refractivity contribution is 0.257. The number of hydrogen-bond acceptors (Lipinski definition) is 4. The standard InChI is InChI=1S/C15H16ClN3O3S/c1-18(2)12-5-7-13(8-6-12)19(15(17)20)23(21,22)14-9-3-11(16)4-10-14/h3-10H,1-2H3,(H2,17,20). The van der Waals surface area contributed by atoms with Gasteiger partial charge in [0.1, 0.15) is 0 Å². The molecule has 0 aliphatic rings. The molecule has 2 rings (SSSR count). The van der Waals surface area contributed by atoms with E-state index in [-0.39, 0.29) is 10.6 Å². The van der Waals surface area contributed by atoms with Crippen LogP contribution in [-0.2, 0) is 10.0 Å². The third-order valence-electron chi connectivity index (χ3n) is 3.15. The van der Waals surface area contributed by atoms with Crippen LogP contribution in [0.3, 0.4) is 0 Å². The van der Waals surface area contributed by atoms with Crippen molar-refractivity contribution in [3.05, 3.63) is 53.6 Å². The molecule has 0 atom stereocenters. The Labute approximate surface area is 140 Å². The summed E-state index contributed by atoms with van der Waals surface area (Å²) >= 11 is 5.76. The van der Waals surface area contributed by atoms with E-state index in [2.05, 4.69) is 0 Å². The quantitative estimate of drug-likeness (QED) is 0.915. The van der Waals surface area contributed by atoms with Gasteiger partial charge in [0.05, 0.1) is 10.6 Å². The number of benzene rings is 2. The van der Waals surface area contributed by atoms with Crippen LogP contribution in [0.5, 0.6) is 0 Å². The summed E-state index contributed by atoms with van der Waals surface area (Å²) in [6, 6.07) is 10.9. The molecule has 2 aromatic rings. The van der Waals surface area contributed by atoms with E-state index >= 15 is 0 Å². The predicted molar refractivity (Wildman–Crippen MR) is 91.5 cm³/mol. The highest BCUT2D eigenvalue weighted by Gasteiger charge is 2.29. The lowest BCUT2D eigenvalue weighted by Gasteiger charge is -2.21. The van der Waals surface area contributed by atoms with E-state index in [0.717, 1.165) is 5.69 Å². The van der Waals surface area contributed by atoms with Crippen LogP contribution in [0.2, 0.25) is 5.02 Å². The van der Waals surface area contributed by atoms with Crippen molar-refractivity contribution in [2.45, 2.75) is 4.90 Å². The first-order valence-electron chi connectivity index (χ1n) is 6.61. The molecule has 0 aliphatic carbocycles. The van der Waals surface area contributed by atoms with Crippen LogP contribution in [-0.4, -0.2) is 28.5 Å². The van der Waals surface area contributed by atoms with Crippen molar-refractivity contribution < 1.29 is 13.2 Å². The summed E-state index contributed by atoms with van der Waals surface area (Å²) in [5, 5.41) is 0.393. The van der Waals surface area contributed by atoms with Gasteiger partial charge in [0.25, 0.3) is 10.0 Å². The average molecular weight is 354 g/mol. The Bertz CT molecular complexity index is 803. The number of sulfonamides is 1. The number of anilines is 2. The molecule has 0 saturated heterocycles. The Morgan fingerprint density at radius 2 is 1.43 bits per heavy atom. The van der Waals surface area contributed by atoms with Gasteiger partial charge in [-0.2, -0.15) is 4.31 Å². The van der Waals surface area contributed by atoms with Gasteiger partial charge in [-0.3, -0.25) is 0 Å². The number of nitrogens with two attached hydrogens (primary N) is 1. The van der Waals surface area contributed by atoms with Gasteiger partial charge < -0.3 is 10.6 Å². The highest BCUT2D eigenvalue weighted by molar-refractivity contribution is 7.93. The number of nitrogens with zero attached hydrogens (tertiary/aromatic N) is 2. The smallest absolute Gasteiger partial charge is 0.333 e. The van der Waals surface area contributed by atoms with Gasteiger partial charge in [0.2, 0.25) is 0 Å². The van der Waals surface area contributed by atoms with Gasteiger partial charge in [-0.1, -0.05) is 11.6 Å². The minimum Gasteiger partial charge on any atom is -0.378 e. The van der Waals surface area contributed by atoms with Crippen molar-refractivity contribution in [2.75, 3.05) is 23.3 Å². The van der Waals surface area contributed by atoms with Gasteiger partial charge in [0.15, 0.2) is 0 Å². The fourth-order valence-corrected chi connectivity index (χ4v) is 3.44. The second kappa shape index (κ2) is 6.47. The van der Waals surface area contributed by atoms with Crippen molar-refractivity contribution >= 4 is 39.0 Å². The Kier molecular flexibility index (Phi) is 4.82. The number of rotatable bonds is 4. The molecule has 2 N–H and O–H groups in total. The van der Waals surface area contributed by atoms with Crippen molar-refractivity contribution in [1.29, 1.82) is 0 Å². The number of carbonyl (C=O) groups excluding carboxylic acids is 1. The van der Waals surface area contributed by atoms with Gasteiger partial charge in [-0.25, -0.2) is 13.2 Å². The number of hydrogen-bond donors (Lipinski definition) is 1. The number of urea groups is 1. The molecule has 2 amide bonds. The van der Waals surface area contributed by atoms with Crippen molar-refractivity contribution in [3.8, 4) is 0 Å². The maximum Gasteiger partial charge on any atom is 0.333 e. The SMILES string of the molecule is CN(C)c1ccc(N(C(N)=O)S(=O)(=O)c2ccc(Cl)cc2)cc1. The van der Waals surface area contributed by atoms with Crippen LogP contribution in [0.4, 0.5) is 16.2 Å². The first-order valence-corrected chi connectivity index (χ1v) is 8.43. The van der Waals surface area contributed by atoms with Crippen LogP contribution in [0.25, 0.3) is 0 Å². The lowest BCUT2D eigenvalue weighted by atomic mass is 10.2. The summed E-state index contributed by atoms with van der Waals surface area (Å²) in [6.07, 6.45) is 0. The molecule has 2 aromatic carbocycles. The Morgan fingerprint density at radius 3 is 1.87 bits per heavy atom. The summed E-state index contributed by atoms with van der Waals surface area (Å²) in [7, 11) is -0.412. The summed E-state index contributed by atoms with van der Waals surface area (Å²) in [5.41, 5.74) is 6.32. The van der Waals surface area contributed by atoms with E-state index in [1.807, 2.05) is 19.0 Å². The Morgan fingerprint density at radius 1 is 0.957 bits per heavy atom. The van der Waals surface area contributed by atoms with Gasteiger partial charge in [-0.15, -0.1) is 0 Å². The van der Waals surface area contributed by atoms with E-state index in [9.17, 15) is 13.2 Å². The number of halogens is 1. The summed E-state index contributed by atoms with van der Waals surface area (Å²) in [6.45, 7) is 0. The van der Waals surface area contributed by atoms with E-state index in [4.69, 9.17) is 17.3 Å². The molecule has 0 fully saturated rings. The molecule has 6 nitrogen and oxygen atoms in total. The third kappa shape index (κ3) is 3.57. The molecular weight excluding hydrogens is 338 g/mol. The fraction of sp³-hybridized carbons (Fsp3) is 0.133. The number of carbonyl (C=O) groups is 1. The zero-order chi connectivity index (χ0) is 17.2. The maximum absolute atomic E-state index is 12.7. The van der Waals surface area contributed by atoms with Crippen LogP contribution in [0.1, 0.15) is 0 Å². The topological polar surface area (TPSA) is 83.7 Å². The van der Waals surface area contributed by atoms with Gasteiger partial charge >= 0.3 is 6.03 Å². The first kappa shape index (κ1) is 17.1. The average Bonchev–Trinajstić information content (AvgIpc) is 2.47. The molecule has 8 heteroatoms. The molecule has 23 heavy (non-hydrogen) atoms. The fourth-order valence-electron chi connectivity index (χ4n) is 1.98. The maximum atomic E-state index is 12.7. The van der Waals surface area contributed by atoms with Crippen molar-refractivity contribution in [2.24, 2.45) is 5.73 Å². The van der Waals surface area contributed by atoms with Crippen LogP contribution < -0.4 is 14.9 Å². The highest BCUT2D eigenvalue weighted by Crippen LogP contribution is 2.26. The molecule has 0 unspecified atom stereocenters. The van der Waals surface area contributed by atoms with Crippen LogP contribution in [0, 0.1) is 0 Å². The van der Waals surface area contributed by atoms with E-state index in [0.29, 0.717) is 9.33 Å². The largest absolute Gasteiger partial charge is 0.378 e. The molecule has 0 heterocycles. The minimum atomic E-state index is -4.12. The molecule has 0 spiro atoms. The summed E-state index contributed by atoms with van der Waals surface area (Å²) in [4.78, 5) is 13.5.